The average molecular weight is 568 g/mol. The predicted octanol–water partition coefficient (Wildman–Crippen LogP) is -1.87. The zero-order chi connectivity index (χ0) is 25.5. The first-order valence-electron chi connectivity index (χ1n) is 11.2. The Bertz CT molecular complexity index is 951. The molecule has 0 aliphatic heterocycles. The second-order valence-corrected chi connectivity index (χ2v) is 8.31. The molecule has 0 saturated heterocycles. The van der Waals surface area contributed by atoms with Gasteiger partial charge in [0.1, 0.15) is 6.61 Å². The standard InChI is InChI=1S/C25H33O8P.H3N.2Na.7H2/c1-3-5-7-9-11-12-14-16-18-20-25(27)33-23(22-32-34(28,29)30)21-31-24(26)19-17-15-13-10-8-6-4-2;;;;;;;;;;/h23H,3,5,7,9,11-12,14,16,18,20-22H2,1-2H3,(H2,28,29,30);1H3;;;7*1H/q;;2*+1;;;;;;;/p-2/t23-;;;;;;;;;;/m1........../s1. The van der Waals surface area contributed by atoms with Crippen LogP contribution in [0, 0.1) is 47.4 Å². The molecule has 0 bridgehead atoms. The molecule has 3 N–H and O–H groups in total. The summed E-state index contributed by atoms with van der Waals surface area (Å²) in [7, 11) is -5.29. The van der Waals surface area contributed by atoms with Crippen LogP contribution < -0.4 is 75.1 Å². The maximum absolute atomic E-state index is 12.0. The Labute approximate surface area is 276 Å². The number of esters is 2. The summed E-state index contributed by atoms with van der Waals surface area (Å²) in [5, 5.41) is 0. The topological polar surface area (TPSA) is 160 Å². The molecule has 0 aromatic heterocycles. The number of carbonyl (C=O) groups is 2. The molecule has 0 aliphatic rings. The molecule has 0 aromatic carbocycles. The minimum absolute atomic E-state index is 0. The summed E-state index contributed by atoms with van der Waals surface area (Å²) >= 11 is 0. The fraction of sp³-hybridized carbons (Fsp3) is 0.600. The summed E-state index contributed by atoms with van der Waals surface area (Å²) in [6, 6.07) is 0. The van der Waals surface area contributed by atoms with E-state index in [0.717, 1.165) is 19.3 Å². The zero-order valence-electron chi connectivity index (χ0n) is 22.5. The van der Waals surface area contributed by atoms with E-state index in [1.54, 1.807) is 6.92 Å². The van der Waals surface area contributed by atoms with Crippen LogP contribution in [0.2, 0.25) is 0 Å². The van der Waals surface area contributed by atoms with Gasteiger partial charge in [-0.25, -0.2) is 4.79 Å². The molecule has 0 fully saturated rings. The van der Waals surface area contributed by atoms with Gasteiger partial charge in [0.15, 0.2) is 6.10 Å². The number of carbonyl (C=O) groups excluding carboxylic acids is 2. The molecule has 0 aromatic rings. The first-order valence-corrected chi connectivity index (χ1v) is 12.7. The second-order valence-electron chi connectivity index (χ2n) is 7.16. The van der Waals surface area contributed by atoms with Crippen molar-refractivity contribution in [1.29, 1.82) is 0 Å². The number of unbranched alkanes of at least 4 members (excludes halogenated alkanes) is 8. The maximum Gasteiger partial charge on any atom is 1.00 e. The van der Waals surface area contributed by atoms with E-state index < -0.39 is 39.1 Å². The van der Waals surface area contributed by atoms with E-state index in [0.29, 0.717) is 6.42 Å². The number of hydrogen-bond donors (Lipinski definition) is 1. The third-order valence-electron chi connectivity index (χ3n) is 4.20. The van der Waals surface area contributed by atoms with E-state index in [1.165, 1.54) is 32.1 Å². The molecule has 0 amide bonds. The van der Waals surface area contributed by atoms with Crippen molar-refractivity contribution >= 4 is 19.8 Å². The normalized spacial score (nSPS) is 9.73. The van der Waals surface area contributed by atoms with Crippen LogP contribution in [-0.2, 0) is 28.2 Å². The number of ether oxygens (including phenoxy) is 2. The van der Waals surface area contributed by atoms with E-state index >= 15 is 0 Å². The average Bonchev–Trinajstić information content (AvgIpc) is 2.78. The fourth-order valence-corrected chi connectivity index (χ4v) is 2.94. The molecule has 12 heteroatoms. The van der Waals surface area contributed by atoms with Crippen LogP contribution in [0.3, 0.4) is 0 Å². The van der Waals surface area contributed by atoms with Crippen molar-refractivity contribution in [3.8, 4) is 47.4 Å². The quantitative estimate of drug-likeness (QED) is 0.0563. The molecule has 0 aliphatic carbocycles. The Kier molecular flexibility index (Phi) is 34.9. The molecule has 1 atom stereocenters. The maximum atomic E-state index is 12.0. The summed E-state index contributed by atoms with van der Waals surface area (Å²) in [6.45, 7) is 2.50. The third kappa shape index (κ3) is 33.2. The molecule has 0 unspecified atom stereocenters. The van der Waals surface area contributed by atoms with Crippen LogP contribution >= 0.6 is 7.82 Å². The van der Waals surface area contributed by atoms with Gasteiger partial charge in [-0.05, 0) is 48.9 Å². The number of phosphoric acid groups is 1. The van der Waals surface area contributed by atoms with Gasteiger partial charge in [-0.3, -0.25) is 4.79 Å². The van der Waals surface area contributed by atoms with Gasteiger partial charge in [0.05, 0.1) is 14.4 Å². The van der Waals surface area contributed by atoms with E-state index in [-0.39, 0.29) is 81.7 Å². The van der Waals surface area contributed by atoms with Crippen LogP contribution in [0.5, 0.6) is 0 Å². The molecule has 37 heavy (non-hydrogen) atoms. The van der Waals surface area contributed by atoms with Crippen LogP contribution in [0.25, 0.3) is 0 Å². The zero-order valence-corrected chi connectivity index (χ0v) is 27.4. The SMILES string of the molecule is CC#CC#CC#CC#CC(=O)OC[C@H](COP(=O)([O-])[O-])OC(=O)CCCCCCCCCCC.N.[HH].[HH].[HH].[HH].[HH].[HH].[HH].[Na+].[Na+]. The van der Waals surface area contributed by atoms with Crippen molar-refractivity contribution in [3.05, 3.63) is 0 Å². The monoisotopic (exact) mass is 567 g/mol. The van der Waals surface area contributed by atoms with Crippen molar-refractivity contribution in [1.82, 2.24) is 6.15 Å². The van der Waals surface area contributed by atoms with Crippen molar-refractivity contribution in [2.24, 2.45) is 0 Å². The molecule has 0 spiro atoms. The summed E-state index contributed by atoms with van der Waals surface area (Å²) in [5.74, 6) is 17.3. The molecule has 0 saturated carbocycles. The van der Waals surface area contributed by atoms with Crippen LogP contribution in [0.4, 0.5) is 0 Å². The van der Waals surface area contributed by atoms with Gasteiger partial charge in [0, 0.05) is 22.3 Å². The van der Waals surface area contributed by atoms with Gasteiger partial charge in [-0.2, -0.15) is 0 Å². The number of hydrogen-bond acceptors (Lipinski definition) is 9. The molecule has 0 radical (unpaired) electrons. The Morgan fingerprint density at radius 3 is 1.89 bits per heavy atom. The van der Waals surface area contributed by atoms with Crippen molar-refractivity contribution < 1.29 is 107 Å². The minimum Gasteiger partial charge on any atom is -0.790 e. The van der Waals surface area contributed by atoms with E-state index in [4.69, 9.17) is 9.47 Å². The summed E-state index contributed by atoms with van der Waals surface area (Å²) in [6.07, 6.45) is 8.56. The molecule has 208 valence electrons. The van der Waals surface area contributed by atoms with E-state index in [1.807, 2.05) is 0 Å². The van der Waals surface area contributed by atoms with Gasteiger partial charge in [-0.1, -0.05) is 64.2 Å². The first-order chi connectivity index (χ1) is 16.3. The smallest absolute Gasteiger partial charge is 0.790 e. The summed E-state index contributed by atoms with van der Waals surface area (Å²) in [5.41, 5.74) is 0. The van der Waals surface area contributed by atoms with Crippen molar-refractivity contribution in [2.75, 3.05) is 13.2 Å². The fourth-order valence-electron chi connectivity index (χ4n) is 2.59. The van der Waals surface area contributed by atoms with Gasteiger partial charge >= 0.3 is 71.1 Å². The van der Waals surface area contributed by atoms with Crippen molar-refractivity contribution in [2.45, 2.75) is 84.2 Å². The van der Waals surface area contributed by atoms with Gasteiger partial charge in [-0.15, -0.1) is 0 Å². The summed E-state index contributed by atoms with van der Waals surface area (Å²) in [4.78, 5) is 45.1. The molecular formula is C25H48NNa2O8P. The minimum atomic E-state index is -5.29. The number of phosphoric ester groups is 1. The van der Waals surface area contributed by atoms with E-state index in [2.05, 4.69) is 58.8 Å². The first kappa shape index (κ1) is 43.3. The van der Waals surface area contributed by atoms with Gasteiger partial charge in [0.25, 0.3) is 0 Å². The molecule has 9 nitrogen and oxygen atoms in total. The van der Waals surface area contributed by atoms with E-state index in [9.17, 15) is 23.9 Å². The van der Waals surface area contributed by atoms with Crippen LogP contribution in [0.1, 0.15) is 88.0 Å². The Morgan fingerprint density at radius 2 is 1.35 bits per heavy atom. The van der Waals surface area contributed by atoms with Gasteiger partial charge < -0.3 is 34.5 Å². The predicted molar refractivity (Wildman–Crippen MR) is 143 cm³/mol. The van der Waals surface area contributed by atoms with Crippen LogP contribution in [0.15, 0.2) is 0 Å². The number of rotatable bonds is 16. The Morgan fingerprint density at radius 1 is 0.838 bits per heavy atom. The summed E-state index contributed by atoms with van der Waals surface area (Å²) < 4.78 is 24.8. The van der Waals surface area contributed by atoms with Gasteiger partial charge in [0.2, 0.25) is 0 Å². The van der Waals surface area contributed by atoms with Crippen molar-refractivity contribution in [3.63, 3.8) is 0 Å². The molecular weight excluding hydrogens is 519 g/mol. The second kappa shape index (κ2) is 29.8. The largest absolute Gasteiger partial charge is 1.00 e. The molecule has 0 rings (SSSR count). The Hall–Kier alpha value is -0.750. The van der Waals surface area contributed by atoms with Crippen LogP contribution in [-0.4, -0.2) is 31.3 Å². The molecule has 0 heterocycles. The third-order valence-corrected chi connectivity index (χ3v) is 4.67. The Balaban J connectivity index is -0.000000121.